The molecule has 0 aliphatic heterocycles. The fourth-order valence-electron chi connectivity index (χ4n) is 2.31. The second kappa shape index (κ2) is 5.35. The predicted octanol–water partition coefficient (Wildman–Crippen LogP) is 1.29. The van der Waals surface area contributed by atoms with Crippen LogP contribution >= 0.6 is 0 Å². The molecular weight excluding hydrogens is 176 g/mol. The van der Waals surface area contributed by atoms with Gasteiger partial charge in [0, 0.05) is 13.6 Å². The van der Waals surface area contributed by atoms with Crippen molar-refractivity contribution in [2.24, 2.45) is 5.41 Å². The molecule has 3 heteroatoms. The minimum atomic E-state index is 0.0780. The standard InChI is InChI=1S/C11H22N2O/c1-3-11(6-4-5-7-11)9-13-8-10(14)12-2/h13H,3-9H2,1-2H3,(H,12,14). The smallest absolute Gasteiger partial charge is 0.233 e. The van der Waals surface area contributed by atoms with Gasteiger partial charge in [0.2, 0.25) is 5.91 Å². The number of nitrogens with one attached hydrogen (secondary N) is 2. The number of carbonyl (C=O) groups excluding carboxylic acids is 1. The summed E-state index contributed by atoms with van der Waals surface area (Å²) >= 11 is 0. The van der Waals surface area contributed by atoms with E-state index in [0.717, 1.165) is 6.54 Å². The van der Waals surface area contributed by atoms with E-state index in [-0.39, 0.29) is 5.91 Å². The second-order valence-corrected chi connectivity index (χ2v) is 4.34. The highest BCUT2D eigenvalue weighted by Crippen LogP contribution is 2.40. The maximum Gasteiger partial charge on any atom is 0.233 e. The molecule has 0 aromatic heterocycles. The van der Waals surface area contributed by atoms with Gasteiger partial charge in [0.15, 0.2) is 0 Å². The summed E-state index contributed by atoms with van der Waals surface area (Å²) in [6.07, 6.45) is 6.59. The molecule has 82 valence electrons. The lowest BCUT2D eigenvalue weighted by molar-refractivity contribution is -0.119. The number of likely N-dealkylation sites (N-methyl/N-ethyl adjacent to an activating group) is 1. The Morgan fingerprint density at radius 2 is 2.00 bits per heavy atom. The first-order valence-corrected chi connectivity index (χ1v) is 5.64. The highest BCUT2D eigenvalue weighted by molar-refractivity contribution is 5.77. The number of amides is 1. The van der Waals surface area contributed by atoms with E-state index in [2.05, 4.69) is 17.6 Å². The predicted molar refractivity (Wildman–Crippen MR) is 58.1 cm³/mol. The van der Waals surface area contributed by atoms with Gasteiger partial charge in [0.05, 0.1) is 6.54 Å². The van der Waals surface area contributed by atoms with Gasteiger partial charge in [0.1, 0.15) is 0 Å². The fraction of sp³-hybridized carbons (Fsp3) is 0.909. The van der Waals surface area contributed by atoms with Gasteiger partial charge in [-0.2, -0.15) is 0 Å². The summed E-state index contributed by atoms with van der Waals surface area (Å²) in [6, 6.07) is 0. The van der Waals surface area contributed by atoms with Crippen LogP contribution in [0.15, 0.2) is 0 Å². The van der Waals surface area contributed by atoms with E-state index in [9.17, 15) is 4.79 Å². The van der Waals surface area contributed by atoms with Crippen molar-refractivity contribution in [2.75, 3.05) is 20.1 Å². The van der Waals surface area contributed by atoms with Crippen LogP contribution in [0.3, 0.4) is 0 Å². The fourth-order valence-corrected chi connectivity index (χ4v) is 2.31. The molecule has 0 spiro atoms. The van der Waals surface area contributed by atoms with Crippen molar-refractivity contribution in [1.29, 1.82) is 0 Å². The molecule has 3 nitrogen and oxygen atoms in total. The summed E-state index contributed by atoms with van der Waals surface area (Å²) in [7, 11) is 1.68. The molecule has 0 aromatic carbocycles. The Morgan fingerprint density at radius 1 is 1.36 bits per heavy atom. The lowest BCUT2D eigenvalue weighted by Gasteiger charge is -2.27. The van der Waals surface area contributed by atoms with Crippen LogP contribution in [0, 0.1) is 5.41 Å². The average Bonchev–Trinajstić information content (AvgIpc) is 2.67. The van der Waals surface area contributed by atoms with Crippen LogP contribution in [0.1, 0.15) is 39.0 Å². The minimum absolute atomic E-state index is 0.0780. The summed E-state index contributed by atoms with van der Waals surface area (Å²) < 4.78 is 0. The van der Waals surface area contributed by atoms with E-state index >= 15 is 0 Å². The van der Waals surface area contributed by atoms with Gasteiger partial charge in [0.25, 0.3) is 0 Å². The maximum atomic E-state index is 11.0. The van der Waals surface area contributed by atoms with Crippen LogP contribution in [0.2, 0.25) is 0 Å². The van der Waals surface area contributed by atoms with Gasteiger partial charge in [-0.1, -0.05) is 19.8 Å². The van der Waals surface area contributed by atoms with Crippen molar-refractivity contribution in [3.63, 3.8) is 0 Å². The van der Waals surface area contributed by atoms with E-state index in [1.165, 1.54) is 32.1 Å². The zero-order valence-corrected chi connectivity index (χ0v) is 9.36. The van der Waals surface area contributed by atoms with Crippen molar-refractivity contribution < 1.29 is 4.79 Å². The van der Waals surface area contributed by atoms with Crippen LogP contribution < -0.4 is 10.6 Å². The number of hydrogen-bond donors (Lipinski definition) is 2. The molecule has 0 atom stereocenters. The van der Waals surface area contributed by atoms with Crippen molar-refractivity contribution in [3.05, 3.63) is 0 Å². The average molecular weight is 198 g/mol. The first kappa shape index (κ1) is 11.5. The van der Waals surface area contributed by atoms with Gasteiger partial charge in [-0.3, -0.25) is 4.79 Å². The lowest BCUT2D eigenvalue weighted by atomic mass is 9.83. The van der Waals surface area contributed by atoms with E-state index in [1.807, 2.05) is 0 Å². The summed E-state index contributed by atoms with van der Waals surface area (Å²) in [6.45, 7) is 3.71. The van der Waals surface area contributed by atoms with E-state index in [4.69, 9.17) is 0 Å². The van der Waals surface area contributed by atoms with Crippen LogP contribution in [-0.2, 0) is 4.79 Å². The molecule has 0 heterocycles. The van der Waals surface area contributed by atoms with E-state index in [1.54, 1.807) is 7.05 Å². The first-order chi connectivity index (χ1) is 6.72. The minimum Gasteiger partial charge on any atom is -0.358 e. The normalized spacial score (nSPS) is 19.6. The quantitative estimate of drug-likeness (QED) is 0.699. The van der Waals surface area contributed by atoms with Crippen LogP contribution in [0.25, 0.3) is 0 Å². The molecule has 0 unspecified atom stereocenters. The summed E-state index contributed by atoms with van der Waals surface area (Å²) in [5, 5.41) is 5.88. The largest absolute Gasteiger partial charge is 0.358 e. The highest BCUT2D eigenvalue weighted by atomic mass is 16.1. The van der Waals surface area contributed by atoms with E-state index < -0.39 is 0 Å². The SMILES string of the molecule is CCC1(CNCC(=O)NC)CCCC1. The van der Waals surface area contributed by atoms with Gasteiger partial charge >= 0.3 is 0 Å². The Labute approximate surface area is 86.6 Å². The molecule has 1 rings (SSSR count). The zero-order valence-electron chi connectivity index (χ0n) is 9.36. The molecule has 0 bridgehead atoms. The molecule has 1 amide bonds. The van der Waals surface area contributed by atoms with Gasteiger partial charge in [-0.15, -0.1) is 0 Å². The molecule has 1 saturated carbocycles. The maximum absolute atomic E-state index is 11.0. The van der Waals surface area contributed by atoms with Crippen molar-refractivity contribution in [3.8, 4) is 0 Å². The zero-order chi connectivity index (χ0) is 10.4. The summed E-state index contributed by atoms with van der Waals surface area (Å²) in [5.41, 5.74) is 0.480. The van der Waals surface area contributed by atoms with Crippen molar-refractivity contribution in [2.45, 2.75) is 39.0 Å². The molecule has 2 N–H and O–H groups in total. The molecule has 0 saturated heterocycles. The Balaban J connectivity index is 2.24. The summed E-state index contributed by atoms with van der Waals surface area (Å²) in [4.78, 5) is 11.0. The third-order valence-corrected chi connectivity index (χ3v) is 3.48. The Kier molecular flexibility index (Phi) is 4.39. The van der Waals surface area contributed by atoms with Crippen molar-refractivity contribution >= 4 is 5.91 Å². The lowest BCUT2D eigenvalue weighted by Crippen LogP contribution is -2.38. The molecule has 1 aliphatic rings. The first-order valence-electron chi connectivity index (χ1n) is 5.64. The third-order valence-electron chi connectivity index (χ3n) is 3.48. The number of carbonyl (C=O) groups is 1. The third kappa shape index (κ3) is 2.98. The molecule has 0 aromatic rings. The number of rotatable bonds is 5. The molecular formula is C11H22N2O. The van der Waals surface area contributed by atoms with E-state index in [0.29, 0.717) is 12.0 Å². The Morgan fingerprint density at radius 3 is 2.50 bits per heavy atom. The van der Waals surface area contributed by atoms with Crippen molar-refractivity contribution in [1.82, 2.24) is 10.6 Å². The van der Waals surface area contributed by atoms with Crippen LogP contribution in [0.5, 0.6) is 0 Å². The van der Waals surface area contributed by atoms with Gasteiger partial charge < -0.3 is 10.6 Å². The van der Waals surface area contributed by atoms with Crippen LogP contribution in [-0.4, -0.2) is 26.0 Å². The monoisotopic (exact) mass is 198 g/mol. The molecule has 1 fully saturated rings. The number of hydrogen-bond acceptors (Lipinski definition) is 2. The van der Waals surface area contributed by atoms with Gasteiger partial charge in [-0.05, 0) is 24.7 Å². The Hall–Kier alpha value is -0.570. The summed E-state index contributed by atoms with van der Waals surface area (Å²) in [5.74, 6) is 0.0780. The Bertz CT molecular complexity index is 186. The molecule has 0 radical (unpaired) electrons. The van der Waals surface area contributed by atoms with Gasteiger partial charge in [-0.25, -0.2) is 0 Å². The van der Waals surface area contributed by atoms with Crippen LogP contribution in [0.4, 0.5) is 0 Å². The molecule has 1 aliphatic carbocycles. The highest BCUT2D eigenvalue weighted by Gasteiger charge is 2.31. The second-order valence-electron chi connectivity index (χ2n) is 4.34. The topological polar surface area (TPSA) is 41.1 Å². The molecule has 14 heavy (non-hydrogen) atoms.